The SMILES string of the molecule is CN1C(=CC(=O)CSc2nnc(-c3ccco3)n2-c2ccccc2)C(C)(C)c2ccccc21. The van der Waals surface area contributed by atoms with Gasteiger partial charge in [0.2, 0.25) is 5.82 Å². The molecule has 0 spiro atoms. The average Bonchev–Trinajstić information content (AvgIpc) is 3.54. The highest BCUT2D eigenvalue weighted by Crippen LogP contribution is 2.46. The summed E-state index contributed by atoms with van der Waals surface area (Å²) in [5, 5.41) is 9.34. The Morgan fingerprint density at radius 3 is 2.52 bits per heavy atom. The molecule has 0 fully saturated rings. The molecule has 1 aliphatic rings. The number of anilines is 1. The monoisotopic (exact) mass is 456 g/mol. The number of aromatic nitrogens is 3. The topological polar surface area (TPSA) is 64.2 Å². The Labute approximate surface area is 196 Å². The van der Waals surface area contributed by atoms with Crippen LogP contribution in [-0.2, 0) is 10.2 Å². The molecule has 4 aromatic rings. The van der Waals surface area contributed by atoms with Crippen molar-refractivity contribution in [3.8, 4) is 17.3 Å². The minimum absolute atomic E-state index is 0.0323. The van der Waals surface area contributed by atoms with E-state index in [1.807, 2.05) is 66.2 Å². The van der Waals surface area contributed by atoms with Crippen molar-refractivity contribution in [3.05, 3.63) is 90.3 Å². The number of hydrogen-bond acceptors (Lipinski definition) is 6. The lowest BCUT2D eigenvalue weighted by atomic mass is 9.83. The van der Waals surface area contributed by atoms with Crippen LogP contribution in [0.4, 0.5) is 5.69 Å². The van der Waals surface area contributed by atoms with Gasteiger partial charge >= 0.3 is 0 Å². The maximum Gasteiger partial charge on any atom is 0.205 e. The van der Waals surface area contributed by atoms with E-state index in [1.54, 1.807) is 12.3 Å². The number of hydrogen-bond donors (Lipinski definition) is 0. The van der Waals surface area contributed by atoms with Crippen molar-refractivity contribution in [2.24, 2.45) is 0 Å². The van der Waals surface area contributed by atoms with Crippen LogP contribution in [0.3, 0.4) is 0 Å². The molecule has 5 rings (SSSR count). The van der Waals surface area contributed by atoms with Gasteiger partial charge in [0.25, 0.3) is 0 Å². The summed E-state index contributed by atoms with van der Waals surface area (Å²) in [6.07, 6.45) is 3.38. The average molecular weight is 457 g/mol. The Hall–Kier alpha value is -3.58. The molecule has 0 atom stereocenters. The van der Waals surface area contributed by atoms with Crippen LogP contribution in [0.5, 0.6) is 0 Å². The number of fused-ring (bicyclic) bond motifs is 1. The first-order valence-corrected chi connectivity index (χ1v) is 11.7. The number of likely N-dealkylation sites (N-methyl/N-ethyl adjacent to an activating group) is 1. The van der Waals surface area contributed by atoms with Crippen LogP contribution in [0, 0.1) is 0 Å². The first kappa shape index (κ1) is 21.3. The fourth-order valence-corrected chi connectivity index (χ4v) is 5.10. The van der Waals surface area contributed by atoms with Gasteiger partial charge in [-0.1, -0.05) is 62.0 Å². The lowest BCUT2D eigenvalue weighted by Gasteiger charge is -2.23. The number of nitrogens with zero attached hydrogens (tertiary/aromatic N) is 4. The quantitative estimate of drug-likeness (QED) is 0.282. The Morgan fingerprint density at radius 2 is 1.79 bits per heavy atom. The predicted molar refractivity (Wildman–Crippen MR) is 131 cm³/mol. The van der Waals surface area contributed by atoms with E-state index in [1.165, 1.54) is 17.3 Å². The van der Waals surface area contributed by atoms with E-state index in [2.05, 4.69) is 41.1 Å². The molecule has 7 heteroatoms. The van der Waals surface area contributed by atoms with Crippen molar-refractivity contribution in [1.29, 1.82) is 0 Å². The summed E-state index contributed by atoms with van der Waals surface area (Å²) in [4.78, 5) is 15.2. The Bertz CT molecular complexity index is 1320. The van der Waals surface area contributed by atoms with Crippen molar-refractivity contribution in [3.63, 3.8) is 0 Å². The van der Waals surface area contributed by atoms with Gasteiger partial charge in [0, 0.05) is 35.6 Å². The van der Waals surface area contributed by atoms with Gasteiger partial charge in [-0.3, -0.25) is 9.36 Å². The number of para-hydroxylation sites is 2. The van der Waals surface area contributed by atoms with Gasteiger partial charge in [0.05, 0.1) is 12.0 Å². The molecule has 0 bridgehead atoms. The van der Waals surface area contributed by atoms with Gasteiger partial charge in [-0.25, -0.2) is 0 Å². The fraction of sp³-hybridized carbons (Fsp3) is 0.192. The molecule has 0 aliphatic carbocycles. The van der Waals surface area contributed by atoms with E-state index in [9.17, 15) is 4.79 Å². The first-order chi connectivity index (χ1) is 16.0. The normalized spacial score (nSPS) is 15.7. The highest BCUT2D eigenvalue weighted by Gasteiger charge is 2.38. The van der Waals surface area contributed by atoms with Gasteiger partial charge in [-0.05, 0) is 35.9 Å². The Balaban J connectivity index is 1.41. The molecule has 3 heterocycles. The predicted octanol–water partition coefficient (Wildman–Crippen LogP) is 5.50. The lowest BCUT2D eigenvalue weighted by Crippen LogP contribution is -2.24. The number of thioether (sulfide) groups is 1. The fourth-order valence-electron chi connectivity index (χ4n) is 4.33. The second kappa shape index (κ2) is 8.41. The summed E-state index contributed by atoms with van der Waals surface area (Å²) in [6.45, 7) is 4.31. The smallest absolute Gasteiger partial charge is 0.205 e. The van der Waals surface area contributed by atoms with E-state index in [0.717, 1.165) is 17.1 Å². The molecule has 6 nitrogen and oxygen atoms in total. The zero-order chi connectivity index (χ0) is 23.0. The molecule has 166 valence electrons. The first-order valence-electron chi connectivity index (χ1n) is 10.7. The molecular formula is C26H24N4O2S. The maximum atomic E-state index is 13.0. The number of allylic oxidation sites excluding steroid dienone is 2. The summed E-state index contributed by atoms with van der Waals surface area (Å²) >= 11 is 1.37. The summed E-state index contributed by atoms with van der Waals surface area (Å²) < 4.78 is 7.48. The van der Waals surface area contributed by atoms with Crippen LogP contribution < -0.4 is 4.90 Å². The number of rotatable bonds is 6. The van der Waals surface area contributed by atoms with Crippen LogP contribution in [0.15, 0.2) is 94.3 Å². The van der Waals surface area contributed by atoms with Crippen LogP contribution in [0.2, 0.25) is 0 Å². The zero-order valence-corrected chi connectivity index (χ0v) is 19.5. The van der Waals surface area contributed by atoms with Crippen LogP contribution in [-0.4, -0.2) is 33.3 Å². The van der Waals surface area contributed by atoms with Crippen LogP contribution in [0.1, 0.15) is 19.4 Å². The Morgan fingerprint density at radius 1 is 1.03 bits per heavy atom. The number of ketones is 1. The molecule has 33 heavy (non-hydrogen) atoms. The van der Waals surface area contributed by atoms with Gasteiger partial charge in [-0.15, -0.1) is 10.2 Å². The second-order valence-corrected chi connectivity index (χ2v) is 9.38. The molecular weight excluding hydrogens is 432 g/mol. The van der Waals surface area contributed by atoms with Crippen LogP contribution >= 0.6 is 11.8 Å². The van der Waals surface area contributed by atoms with E-state index >= 15 is 0 Å². The number of carbonyl (C=O) groups excluding carboxylic acids is 1. The van der Waals surface area contributed by atoms with E-state index in [-0.39, 0.29) is 17.0 Å². The van der Waals surface area contributed by atoms with E-state index < -0.39 is 0 Å². The Kier molecular flexibility index (Phi) is 5.42. The molecule has 0 unspecified atom stereocenters. The van der Waals surface area contributed by atoms with Gasteiger partial charge in [-0.2, -0.15) is 0 Å². The second-order valence-electron chi connectivity index (χ2n) is 8.44. The third-order valence-electron chi connectivity index (χ3n) is 5.97. The molecule has 0 saturated heterocycles. The molecule has 0 saturated carbocycles. The molecule has 0 amide bonds. The summed E-state index contributed by atoms with van der Waals surface area (Å²) in [5.74, 6) is 1.52. The number of benzene rings is 2. The third-order valence-corrected chi connectivity index (χ3v) is 6.92. The number of furan rings is 1. The third kappa shape index (κ3) is 3.78. The van der Waals surface area contributed by atoms with Gasteiger partial charge in [0.1, 0.15) is 0 Å². The highest BCUT2D eigenvalue weighted by atomic mass is 32.2. The van der Waals surface area contributed by atoms with Crippen LogP contribution in [0.25, 0.3) is 17.3 Å². The molecule has 2 aromatic heterocycles. The minimum atomic E-state index is -0.234. The minimum Gasteiger partial charge on any atom is -0.461 e. The van der Waals surface area contributed by atoms with E-state index in [4.69, 9.17) is 4.42 Å². The maximum absolute atomic E-state index is 13.0. The largest absolute Gasteiger partial charge is 0.461 e. The summed E-state index contributed by atoms with van der Waals surface area (Å²) in [5.41, 5.74) is 4.04. The van der Waals surface area contributed by atoms with E-state index in [0.29, 0.717) is 16.7 Å². The number of carbonyl (C=O) groups is 1. The summed E-state index contributed by atoms with van der Waals surface area (Å²) in [6, 6.07) is 21.8. The van der Waals surface area contributed by atoms with Crippen molar-refractivity contribution in [2.45, 2.75) is 24.4 Å². The van der Waals surface area contributed by atoms with Crippen molar-refractivity contribution in [1.82, 2.24) is 14.8 Å². The van der Waals surface area contributed by atoms with Gasteiger partial charge < -0.3 is 9.32 Å². The molecule has 0 radical (unpaired) electrons. The molecule has 0 N–H and O–H groups in total. The standard InChI is InChI=1S/C26H24N4O2S/c1-26(2)20-12-7-8-13-21(20)29(3)23(26)16-19(31)17-33-25-28-27-24(22-14-9-15-32-22)30(25)18-10-5-4-6-11-18/h4-16H,17H2,1-3H3. The summed E-state index contributed by atoms with van der Waals surface area (Å²) in [7, 11) is 2.02. The highest BCUT2D eigenvalue weighted by molar-refractivity contribution is 7.99. The van der Waals surface area contributed by atoms with Crippen molar-refractivity contribution in [2.75, 3.05) is 17.7 Å². The van der Waals surface area contributed by atoms with Gasteiger partial charge in [0.15, 0.2) is 16.7 Å². The van der Waals surface area contributed by atoms with Crippen molar-refractivity contribution >= 4 is 23.2 Å². The molecule has 1 aliphatic heterocycles. The lowest BCUT2D eigenvalue weighted by molar-refractivity contribution is -0.112. The molecule has 2 aromatic carbocycles. The zero-order valence-electron chi connectivity index (χ0n) is 18.7. The van der Waals surface area contributed by atoms with Crippen molar-refractivity contribution < 1.29 is 9.21 Å².